The molecule has 3 rings (SSSR count). The van der Waals surface area contributed by atoms with Crippen LogP contribution in [0.3, 0.4) is 0 Å². The highest BCUT2D eigenvalue weighted by atomic mass is 79.9. The summed E-state index contributed by atoms with van der Waals surface area (Å²) in [5, 5.41) is 11.7. The Morgan fingerprint density at radius 3 is 2.43 bits per heavy atom. The van der Waals surface area contributed by atoms with E-state index >= 15 is 0 Å². The van der Waals surface area contributed by atoms with Crippen LogP contribution < -0.4 is 21.5 Å². The number of nitro benzene ring substituents is 1. The van der Waals surface area contributed by atoms with E-state index in [0.29, 0.717) is 11.9 Å². The second-order valence-corrected chi connectivity index (χ2v) is 4.59. The maximum absolute atomic E-state index is 11.1. The van der Waals surface area contributed by atoms with Crippen molar-refractivity contribution in [2.45, 2.75) is 6.54 Å². The molecule has 5 heteroatoms. The zero-order valence-corrected chi connectivity index (χ0v) is 12.7. The minimum atomic E-state index is -0.338. The summed E-state index contributed by atoms with van der Waals surface area (Å²) in [6.45, 7) is 0.694. The molecule has 0 bridgehead atoms. The lowest BCUT2D eigenvalue weighted by Gasteiger charge is -2.02. The van der Waals surface area contributed by atoms with Crippen LogP contribution >= 0.6 is 0 Å². The zero-order chi connectivity index (χ0) is 13.9. The van der Waals surface area contributed by atoms with Crippen LogP contribution in [-0.2, 0) is 6.54 Å². The molecular formula is C16H13BrN2O2. The number of non-ortho nitro benzene ring substituents is 1. The molecule has 106 valence electrons. The number of hydrogen-bond donors (Lipinski definition) is 0. The Balaban J connectivity index is 0.00000161. The molecular weight excluding hydrogens is 332 g/mol. The SMILES string of the molecule is O=[N+]([O-])c1cccc2c1ccc[n+]2Cc1ccccc1.[Br-]. The van der Waals surface area contributed by atoms with Crippen LogP contribution in [0.1, 0.15) is 5.56 Å². The van der Waals surface area contributed by atoms with Crippen LogP contribution in [0.5, 0.6) is 0 Å². The summed E-state index contributed by atoms with van der Waals surface area (Å²) in [5.74, 6) is 0. The second kappa shape index (κ2) is 6.45. The number of pyridine rings is 1. The molecule has 0 atom stereocenters. The van der Waals surface area contributed by atoms with Crippen molar-refractivity contribution in [1.82, 2.24) is 0 Å². The fraction of sp³-hybridized carbons (Fsp3) is 0.0625. The van der Waals surface area contributed by atoms with Crippen molar-refractivity contribution in [2.24, 2.45) is 0 Å². The summed E-state index contributed by atoms with van der Waals surface area (Å²) in [4.78, 5) is 10.7. The molecule has 0 saturated carbocycles. The van der Waals surface area contributed by atoms with E-state index in [2.05, 4.69) is 0 Å². The largest absolute Gasteiger partial charge is 1.00 e. The molecule has 0 spiro atoms. The van der Waals surface area contributed by atoms with Gasteiger partial charge in [0.2, 0.25) is 5.52 Å². The van der Waals surface area contributed by atoms with Gasteiger partial charge in [0, 0.05) is 23.8 Å². The third kappa shape index (κ3) is 3.08. The van der Waals surface area contributed by atoms with Crippen molar-refractivity contribution >= 4 is 16.6 Å². The quantitative estimate of drug-likeness (QED) is 0.384. The summed E-state index contributed by atoms with van der Waals surface area (Å²) < 4.78 is 2.03. The average molecular weight is 345 g/mol. The first-order valence-electron chi connectivity index (χ1n) is 6.35. The molecule has 1 heterocycles. The Morgan fingerprint density at radius 1 is 0.952 bits per heavy atom. The molecule has 2 aromatic carbocycles. The number of nitro groups is 1. The fourth-order valence-corrected chi connectivity index (χ4v) is 2.36. The highest BCUT2D eigenvalue weighted by Crippen LogP contribution is 2.22. The molecule has 0 fully saturated rings. The Kier molecular flexibility index (Phi) is 4.65. The minimum absolute atomic E-state index is 0. The highest BCUT2D eigenvalue weighted by molar-refractivity contribution is 5.85. The number of halogens is 1. The van der Waals surface area contributed by atoms with E-state index in [4.69, 9.17) is 0 Å². The van der Waals surface area contributed by atoms with Gasteiger partial charge in [-0.25, -0.2) is 0 Å². The van der Waals surface area contributed by atoms with Gasteiger partial charge >= 0.3 is 0 Å². The number of benzene rings is 2. The number of nitrogens with zero attached hydrogens (tertiary/aromatic N) is 2. The van der Waals surface area contributed by atoms with Gasteiger partial charge in [-0.1, -0.05) is 30.3 Å². The van der Waals surface area contributed by atoms with Crippen LogP contribution in [0.2, 0.25) is 0 Å². The summed E-state index contributed by atoms with van der Waals surface area (Å²) >= 11 is 0. The summed E-state index contributed by atoms with van der Waals surface area (Å²) in [5.41, 5.74) is 2.17. The van der Waals surface area contributed by atoms with Crippen LogP contribution in [0.4, 0.5) is 5.69 Å². The highest BCUT2D eigenvalue weighted by Gasteiger charge is 2.17. The van der Waals surface area contributed by atoms with E-state index in [1.54, 1.807) is 12.1 Å². The standard InChI is InChI=1S/C16H13N2O2.BrH/c19-18(20)16-10-4-9-15-14(16)8-5-11-17(15)12-13-6-2-1-3-7-13;/h1-11H,12H2;1H/q+1;/p-1. The average Bonchev–Trinajstić information content (AvgIpc) is 2.48. The van der Waals surface area contributed by atoms with Gasteiger partial charge in [-0.2, -0.15) is 4.57 Å². The third-order valence-corrected chi connectivity index (χ3v) is 3.29. The lowest BCUT2D eigenvalue weighted by Crippen LogP contribution is -3.00. The van der Waals surface area contributed by atoms with Crippen molar-refractivity contribution in [1.29, 1.82) is 0 Å². The molecule has 0 radical (unpaired) electrons. The maximum Gasteiger partial charge on any atom is 0.283 e. The Bertz CT molecular complexity index is 776. The van der Waals surface area contributed by atoms with E-state index < -0.39 is 0 Å². The van der Waals surface area contributed by atoms with Crippen LogP contribution in [-0.4, -0.2) is 4.92 Å². The Labute approximate surface area is 132 Å². The van der Waals surface area contributed by atoms with Gasteiger partial charge in [-0.3, -0.25) is 10.1 Å². The monoisotopic (exact) mass is 344 g/mol. The zero-order valence-electron chi connectivity index (χ0n) is 11.1. The molecule has 0 unspecified atom stereocenters. The molecule has 0 aliphatic rings. The van der Waals surface area contributed by atoms with Crippen LogP contribution in [0.25, 0.3) is 10.9 Å². The fourth-order valence-electron chi connectivity index (χ4n) is 2.36. The van der Waals surface area contributed by atoms with Crippen LogP contribution in [0, 0.1) is 10.1 Å². The number of hydrogen-bond acceptors (Lipinski definition) is 2. The number of rotatable bonds is 3. The normalized spacial score (nSPS) is 10.1. The molecule has 0 saturated heterocycles. The molecule has 0 N–H and O–H groups in total. The predicted molar refractivity (Wildman–Crippen MR) is 76.3 cm³/mol. The number of aromatic nitrogens is 1. The lowest BCUT2D eigenvalue weighted by molar-refractivity contribution is -0.662. The summed E-state index contributed by atoms with van der Waals surface area (Å²) in [6.07, 6.45) is 1.94. The molecule has 0 aliphatic heterocycles. The minimum Gasteiger partial charge on any atom is -1.00 e. The molecule has 1 aromatic heterocycles. The molecule has 0 amide bonds. The van der Waals surface area contributed by atoms with E-state index in [1.165, 1.54) is 6.07 Å². The topological polar surface area (TPSA) is 47.0 Å². The Morgan fingerprint density at radius 2 is 1.71 bits per heavy atom. The van der Waals surface area contributed by atoms with Gasteiger partial charge in [0.15, 0.2) is 12.7 Å². The smallest absolute Gasteiger partial charge is 0.283 e. The summed E-state index contributed by atoms with van der Waals surface area (Å²) in [6, 6.07) is 18.8. The molecule has 4 nitrogen and oxygen atoms in total. The van der Waals surface area contributed by atoms with E-state index in [-0.39, 0.29) is 27.6 Å². The second-order valence-electron chi connectivity index (χ2n) is 4.59. The lowest BCUT2D eigenvalue weighted by atomic mass is 10.1. The van der Waals surface area contributed by atoms with Crippen LogP contribution in [0.15, 0.2) is 66.9 Å². The first-order chi connectivity index (χ1) is 9.75. The van der Waals surface area contributed by atoms with Gasteiger partial charge < -0.3 is 17.0 Å². The van der Waals surface area contributed by atoms with Crippen molar-refractivity contribution in [3.05, 3.63) is 82.5 Å². The molecule has 0 aliphatic carbocycles. The van der Waals surface area contributed by atoms with Crippen molar-refractivity contribution in [3.8, 4) is 0 Å². The van der Waals surface area contributed by atoms with Crippen molar-refractivity contribution in [3.63, 3.8) is 0 Å². The van der Waals surface area contributed by atoms with Crippen molar-refractivity contribution in [2.75, 3.05) is 0 Å². The number of fused-ring (bicyclic) bond motifs is 1. The van der Waals surface area contributed by atoms with Gasteiger partial charge in [0.25, 0.3) is 5.69 Å². The summed E-state index contributed by atoms with van der Waals surface area (Å²) in [7, 11) is 0. The predicted octanol–water partition coefficient (Wildman–Crippen LogP) is 0.0878. The van der Waals surface area contributed by atoms with Gasteiger partial charge in [-0.15, -0.1) is 0 Å². The molecule has 21 heavy (non-hydrogen) atoms. The van der Waals surface area contributed by atoms with Gasteiger partial charge in [-0.05, 0) is 12.1 Å². The van der Waals surface area contributed by atoms with Gasteiger partial charge in [0.05, 0.1) is 4.92 Å². The first kappa shape index (κ1) is 15.1. The van der Waals surface area contributed by atoms with Gasteiger partial charge in [0.1, 0.15) is 5.39 Å². The molecule has 3 aromatic rings. The third-order valence-electron chi connectivity index (χ3n) is 3.29. The van der Waals surface area contributed by atoms with E-state index in [1.807, 2.05) is 53.2 Å². The maximum atomic E-state index is 11.1. The van der Waals surface area contributed by atoms with E-state index in [9.17, 15) is 10.1 Å². The Hall–Kier alpha value is -2.27. The first-order valence-corrected chi connectivity index (χ1v) is 6.35. The van der Waals surface area contributed by atoms with E-state index in [0.717, 1.165) is 11.1 Å². The van der Waals surface area contributed by atoms with Crippen molar-refractivity contribution < 1.29 is 26.5 Å².